The number of nitrogens with two attached hydrogens (primary N) is 1. The van der Waals surface area contributed by atoms with Crippen molar-refractivity contribution in [2.45, 2.75) is 26.4 Å². The fraction of sp³-hybridized carbons (Fsp3) is 0.778. The molecule has 14 heavy (non-hydrogen) atoms. The van der Waals surface area contributed by atoms with Crippen LogP contribution in [0.1, 0.15) is 19.2 Å². The number of hydrogen-bond donors (Lipinski definition) is 1. The van der Waals surface area contributed by atoms with Gasteiger partial charge in [-0.05, 0) is 33.5 Å². The molecule has 0 aromatic carbocycles. The SMILES string of the molecule is CCn1ncnc1CN(C)CCCN. The van der Waals surface area contributed by atoms with Crippen molar-refractivity contribution in [2.75, 3.05) is 20.1 Å². The van der Waals surface area contributed by atoms with Crippen LogP contribution in [0.15, 0.2) is 6.33 Å². The van der Waals surface area contributed by atoms with E-state index in [9.17, 15) is 0 Å². The Kier molecular flexibility index (Phi) is 4.55. The van der Waals surface area contributed by atoms with E-state index in [1.165, 1.54) is 0 Å². The van der Waals surface area contributed by atoms with Gasteiger partial charge in [-0.15, -0.1) is 0 Å². The first kappa shape index (κ1) is 11.1. The van der Waals surface area contributed by atoms with Crippen molar-refractivity contribution in [2.24, 2.45) is 5.73 Å². The number of rotatable bonds is 6. The van der Waals surface area contributed by atoms with Crippen LogP contribution in [0, 0.1) is 0 Å². The molecule has 0 amide bonds. The second kappa shape index (κ2) is 5.72. The van der Waals surface area contributed by atoms with Gasteiger partial charge in [-0.25, -0.2) is 9.67 Å². The first-order chi connectivity index (χ1) is 6.77. The van der Waals surface area contributed by atoms with Crippen molar-refractivity contribution in [1.82, 2.24) is 19.7 Å². The summed E-state index contributed by atoms with van der Waals surface area (Å²) in [6.45, 7) is 5.53. The third-order valence-corrected chi connectivity index (χ3v) is 2.15. The summed E-state index contributed by atoms with van der Waals surface area (Å²) in [6.07, 6.45) is 2.63. The van der Waals surface area contributed by atoms with Crippen molar-refractivity contribution >= 4 is 0 Å². The number of aromatic nitrogens is 3. The minimum Gasteiger partial charge on any atom is -0.330 e. The molecule has 1 aromatic rings. The van der Waals surface area contributed by atoms with Gasteiger partial charge in [-0.2, -0.15) is 5.10 Å². The van der Waals surface area contributed by atoms with Gasteiger partial charge in [-0.3, -0.25) is 4.90 Å². The summed E-state index contributed by atoms with van der Waals surface area (Å²) >= 11 is 0. The summed E-state index contributed by atoms with van der Waals surface area (Å²) in [5.74, 6) is 1.02. The zero-order chi connectivity index (χ0) is 10.4. The molecule has 0 saturated heterocycles. The lowest BCUT2D eigenvalue weighted by Gasteiger charge is -2.15. The molecule has 0 bridgehead atoms. The van der Waals surface area contributed by atoms with Crippen LogP contribution in [-0.2, 0) is 13.1 Å². The van der Waals surface area contributed by atoms with Gasteiger partial charge in [-0.1, -0.05) is 0 Å². The van der Waals surface area contributed by atoms with Gasteiger partial charge in [0, 0.05) is 6.54 Å². The Labute approximate surface area is 84.9 Å². The molecule has 0 saturated carbocycles. The molecule has 1 rings (SSSR count). The van der Waals surface area contributed by atoms with Crippen LogP contribution >= 0.6 is 0 Å². The Morgan fingerprint density at radius 1 is 1.57 bits per heavy atom. The fourth-order valence-electron chi connectivity index (χ4n) is 1.36. The molecular weight excluding hydrogens is 178 g/mol. The highest BCUT2D eigenvalue weighted by atomic mass is 15.3. The first-order valence-electron chi connectivity index (χ1n) is 5.03. The van der Waals surface area contributed by atoms with Crippen LogP contribution in [0.2, 0.25) is 0 Å². The highest BCUT2D eigenvalue weighted by molar-refractivity contribution is 4.83. The maximum Gasteiger partial charge on any atom is 0.140 e. The molecular formula is C9H19N5. The van der Waals surface area contributed by atoms with E-state index in [0.29, 0.717) is 0 Å². The minimum atomic E-state index is 0.741. The number of hydrogen-bond acceptors (Lipinski definition) is 4. The lowest BCUT2D eigenvalue weighted by molar-refractivity contribution is 0.308. The van der Waals surface area contributed by atoms with Crippen LogP contribution in [0.25, 0.3) is 0 Å². The van der Waals surface area contributed by atoms with Gasteiger partial charge in [0.1, 0.15) is 12.2 Å². The topological polar surface area (TPSA) is 60.0 Å². The molecule has 80 valence electrons. The smallest absolute Gasteiger partial charge is 0.140 e. The van der Waals surface area contributed by atoms with Gasteiger partial charge >= 0.3 is 0 Å². The standard InChI is InChI=1S/C9H19N5/c1-3-14-9(11-8-12-14)7-13(2)6-4-5-10/h8H,3-7,10H2,1-2H3. The normalized spacial score (nSPS) is 11.1. The zero-order valence-corrected chi connectivity index (χ0v) is 8.98. The molecule has 0 radical (unpaired) electrons. The molecule has 0 spiro atoms. The van der Waals surface area contributed by atoms with Crippen molar-refractivity contribution in [3.05, 3.63) is 12.2 Å². The first-order valence-corrected chi connectivity index (χ1v) is 5.03. The molecule has 0 fully saturated rings. The van der Waals surface area contributed by atoms with Crippen LogP contribution in [0.5, 0.6) is 0 Å². The average Bonchev–Trinajstić information content (AvgIpc) is 2.62. The van der Waals surface area contributed by atoms with Gasteiger partial charge in [0.25, 0.3) is 0 Å². The van der Waals surface area contributed by atoms with Crippen LogP contribution in [0.4, 0.5) is 0 Å². The van der Waals surface area contributed by atoms with Crippen LogP contribution < -0.4 is 5.73 Å². The molecule has 1 heterocycles. The van der Waals surface area contributed by atoms with E-state index in [-0.39, 0.29) is 0 Å². The third kappa shape index (κ3) is 3.08. The van der Waals surface area contributed by atoms with Crippen molar-refractivity contribution in [3.63, 3.8) is 0 Å². The zero-order valence-electron chi connectivity index (χ0n) is 8.98. The van der Waals surface area contributed by atoms with Crippen molar-refractivity contribution < 1.29 is 0 Å². The molecule has 0 aliphatic heterocycles. The fourth-order valence-corrected chi connectivity index (χ4v) is 1.36. The molecule has 5 nitrogen and oxygen atoms in total. The Balaban J connectivity index is 2.42. The van der Waals surface area contributed by atoms with Crippen LogP contribution in [-0.4, -0.2) is 39.8 Å². The van der Waals surface area contributed by atoms with Gasteiger partial charge in [0.2, 0.25) is 0 Å². The molecule has 5 heteroatoms. The Morgan fingerprint density at radius 2 is 2.36 bits per heavy atom. The molecule has 1 aromatic heterocycles. The summed E-state index contributed by atoms with van der Waals surface area (Å²) in [4.78, 5) is 6.43. The maximum atomic E-state index is 5.45. The van der Waals surface area contributed by atoms with Crippen LogP contribution in [0.3, 0.4) is 0 Å². The van der Waals surface area contributed by atoms with Crippen molar-refractivity contribution in [1.29, 1.82) is 0 Å². The van der Waals surface area contributed by atoms with E-state index in [2.05, 4.69) is 29.0 Å². The summed E-state index contributed by atoms with van der Waals surface area (Å²) in [5, 5.41) is 4.12. The second-order valence-corrected chi connectivity index (χ2v) is 3.37. The summed E-state index contributed by atoms with van der Waals surface area (Å²) in [7, 11) is 2.07. The van der Waals surface area contributed by atoms with Crippen molar-refractivity contribution in [3.8, 4) is 0 Å². The summed E-state index contributed by atoms with van der Waals surface area (Å²) in [6, 6.07) is 0. The minimum absolute atomic E-state index is 0.741. The Morgan fingerprint density at radius 3 is 3.00 bits per heavy atom. The van der Waals surface area contributed by atoms with Gasteiger partial charge in [0.15, 0.2) is 0 Å². The van der Waals surface area contributed by atoms with Gasteiger partial charge < -0.3 is 5.73 Å². The van der Waals surface area contributed by atoms with E-state index in [0.717, 1.165) is 38.4 Å². The second-order valence-electron chi connectivity index (χ2n) is 3.37. The quantitative estimate of drug-likeness (QED) is 0.701. The number of aryl methyl sites for hydroxylation is 1. The molecule has 0 unspecified atom stereocenters. The third-order valence-electron chi connectivity index (χ3n) is 2.15. The summed E-state index contributed by atoms with van der Waals surface area (Å²) < 4.78 is 1.92. The molecule has 0 aliphatic rings. The monoisotopic (exact) mass is 197 g/mol. The average molecular weight is 197 g/mol. The lowest BCUT2D eigenvalue weighted by Crippen LogP contribution is -2.23. The van der Waals surface area contributed by atoms with E-state index in [1.54, 1.807) is 6.33 Å². The Bertz CT molecular complexity index is 257. The highest BCUT2D eigenvalue weighted by Crippen LogP contribution is 1.99. The largest absolute Gasteiger partial charge is 0.330 e. The van der Waals surface area contributed by atoms with E-state index in [1.807, 2.05) is 4.68 Å². The number of nitrogens with zero attached hydrogens (tertiary/aromatic N) is 4. The van der Waals surface area contributed by atoms with E-state index >= 15 is 0 Å². The van der Waals surface area contributed by atoms with E-state index in [4.69, 9.17) is 5.73 Å². The van der Waals surface area contributed by atoms with Gasteiger partial charge in [0.05, 0.1) is 6.54 Å². The molecule has 0 aliphatic carbocycles. The van der Waals surface area contributed by atoms with E-state index < -0.39 is 0 Å². The maximum absolute atomic E-state index is 5.45. The molecule has 2 N–H and O–H groups in total. The molecule has 0 atom stereocenters. The summed E-state index contributed by atoms with van der Waals surface area (Å²) in [5.41, 5.74) is 5.45. The Hall–Kier alpha value is -0.940. The highest BCUT2D eigenvalue weighted by Gasteiger charge is 2.05. The predicted molar refractivity (Wildman–Crippen MR) is 55.7 cm³/mol. The lowest BCUT2D eigenvalue weighted by atomic mass is 10.4. The predicted octanol–water partition coefficient (Wildman–Crippen LogP) is 0.0786.